The Morgan fingerprint density at radius 2 is 1.83 bits per heavy atom. The third-order valence-electron chi connectivity index (χ3n) is 3.74. The van der Waals surface area contributed by atoms with Gasteiger partial charge < -0.3 is 14.6 Å². The molecule has 23 heavy (non-hydrogen) atoms. The number of esters is 2. The molecule has 3 atom stereocenters. The first-order chi connectivity index (χ1) is 10.7. The van der Waals surface area contributed by atoms with Crippen LogP contribution in [0, 0.1) is 17.8 Å². The standard InChI is InChI=1S/C17H26O6/c1-9(2)6-14(20)23-17-15(10(3)4)13(22-11(5)19)7-12(8-18)16(17)21/h7,9-10,13,15,17-18H,6,8H2,1-5H3/t13-,15-,17-/m1/s1. The second kappa shape index (κ2) is 8.24. The number of carbonyl (C=O) groups excluding carboxylic acids is 3. The van der Waals surface area contributed by atoms with Crippen molar-refractivity contribution in [2.75, 3.05) is 6.61 Å². The molecule has 0 saturated heterocycles. The maximum absolute atomic E-state index is 12.5. The Morgan fingerprint density at radius 1 is 1.22 bits per heavy atom. The fraction of sp³-hybridized carbons (Fsp3) is 0.706. The molecular formula is C17H26O6. The summed E-state index contributed by atoms with van der Waals surface area (Å²) in [4.78, 5) is 35.8. The first kappa shape index (κ1) is 19.4. The molecule has 0 heterocycles. The number of hydrogen-bond donors (Lipinski definition) is 1. The van der Waals surface area contributed by atoms with Crippen molar-refractivity contribution >= 4 is 17.7 Å². The van der Waals surface area contributed by atoms with E-state index < -0.39 is 42.5 Å². The van der Waals surface area contributed by atoms with Crippen LogP contribution in [-0.4, -0.2) is 41.6 Å². The number of rotatable bonds is 6. The van der Waals surface area contributed by atoms with Crippen LogP contribution in [0.1, 0.15) is 41.0 Å². The molecule has 0 unspecified atom stereocenters. The molecule has 6 nitrogen and oxygen atoms in total. The summed E-state index contributed by atoms with van der Waals surface area (Å²) in [6, 6.07) is 0. The molecule has 1 rings (SSSR count). The normalized spacial score (nSPS) is 24.6. The summed E-state index contributed by atoms with van der Waals surface area (Å²) in [5.74, 6) is -1.81. The van der Waals surface area contributed by atoms with E-state index in [1.165, 1.54) is 13.0 Å². The lowest BCUT2D eigenvalue weighted by molar-refractivity contribution is -0.167. The van der Waals surface area contributed by atoms with Gasteiger partial charge in [-0.2, -0.15) is 0 Å². The fourth-order valence-electron chi connectivity index (χ4n) is 2.74. The van der Waals surface area contributed by atoms with Crippen LogP contribution in [0.5, 0.6) is 0 Å². The van der Waals surface area contributed by atoms with Crippen molar-refractivity contribution in [3.63, 3.8) is 0 Å². The van der Waals surface area contributed by atoms with E-state index in [2.05, 4.69) is 0 Å². The third kappa shape index (κ3) is 5.16. The van der Waals surface area contributed by atoms with Gasteiger partial charge in [-0.25, -0.2) is 0 Å². The van der Waals surface area contributed by atoms with E-state index in [-0.39, 0.29) is 23.8 Å². The molecule has 0 bridgehead atoms. The van der Waals surface area contributed by atoms with Crippen LogP contribution in [0.2, 0.25) is 0 Å². The van der Waals surface area contributed by atoms with Gasteiger partial charge >= 0.3 is 11.9 Å². The Hall–Kier alpha value is -1.69. The molecule has 1 aliphatic carbocycles. The van der Waals surface area contributed by atoms with E-state index in [0.29, 0.717) is 0 Å². The minimum atomic E-state index is -1.04. The molecule has 0 aromatic rings. The summed E-state index contributed by atoms with van der Waals surface area (Å²) in [7, 11) is 0. The highest BCUT2D eigenvalue weighted by Gasteiger charge is 2.44. The summed E-state index contributed by atoms with van der Waals surface area (Å²) in [6.07, 6.45) is -0.0893. The van der Waals surface area contributed by atoms with Gasteiger partial charge in [0.05, 0.1) is 6.61 Å². The van der Waals surface area contributed by atoms with Gasteiger partial charge in [0.2, 0.25) is 5.78 Å². The largest absolute Gasteiger partial charge is 0.458 e. The van der Waals surface area contributed by atoms with Gasteiger partial charge in [-0.05, 0) is 17.9 Å². The molecule has 0 aromatic carbocycles. The maximum atomic E-state index is 12.5. The van der Waals surface area contributed by atoms with Gasteiger partial charge in [0.15, 0.2) is 6.10 Å². The van der Waals surface area contributed by atoms with Crippen molar-refractivity contribution in [2.24, 2.45) is 17.8 Å². The monoisotopic (exact) mass is 326 g/mol. The molecule has 130 valence electrons. The number of Topliss-reactive ketones (excluding diaryl/α,β-unsaturated/α-hetero) is 1. The van der Waals surface area contributed by atoms with Crippen molar-refractivity contribution < 1.29 is 29.0 Å². The molecule has 0 spiro atoms. The van der Waals surface area contributed by atoms with E-state index in [9.17, 15) is 19.5 Å². The van der Waals surface area contributed by atoms with Crippen LogP contribution in [0.15, 0.2) is 11.6 Å². The number of ketones is 1. The molecule has 0 amide bonds. The highest BCUT2D eigenvalue weighted by Crippen LogP contribution is 2.32. The second-order valence-electron chi connectivity index (χ2n) is 6.62. The Labute approximate surface area is 136 Å². The predicted octanol–water partition coefficient (Wildman–Crippen LogP) is 1.65. The Balaban J connectivity index is 3.12. The topological polar surface area (TPSA) is 89.9 Å². The summed E-state index contributed by atoms with van der Waals surface area (Å²) >= 11 is 0. The quantitative estimate of drug-likeness (QED) is 0.747. The third-order valence-corrected chi connectivity index (χ3v) is 3.74. The molecular weight excluding hydrogens is 300 g/mol. The molecule has 1 N–H and O–H groups in total. The van der Waals surface area contributed by atoms with E-state index in [1.807, 2.05) is 27.7 Å². The van der Waals surface area contributed by atoms with Gasteiger partial charge in [-0.3, -0.25) is 14.4 Å². The summed E-state index contributed by atoms with van der Waals surface area (Å²) in [6.45, 7) is 8.29. The lowest BCUT2D eigenvalue weighted by Crippen LogP contribution is -2.48. The zero-order chi connectivity index (χ0) is 17.7. The van der Waals surface area contributed by atoms with Crippen LogP contribution in [0.25, 0.3) is 0 Å². The van der Waals surface area contributed by atoms with Crippen LogP contribution >= 0.6 is 0 Å². The fourth-order valence-corrected chi connectivity index (χ4v) is 2.74. The van der Waals surface area contributed by atoms with E-state index in [1.54, 1.807) is 0 Å². The minimum Gasteiger partial charge on any atom is -0.458 e. The highest BCUT2D eigenvalue weighted by molar-refractivity contribution is 6.01. The van der Waals surface area contributed by atoms with Gasteiger partial charge in [-0.15, -0.1) is 0 Å². The molecule has 0 saturated carbocycles. The minimum absolute atomic E-state index is 0.0587. The average molecular weight is 326 g/mol. The number of hydrogen-bond acceptors (Lipinski definition) is 6. The zero-order valence-electron chi connectivity index (χ0n) is 14.4. The number of aliphatic hydroxyl groups is 1. The van der Waals surface area contributed by atoms with Crippen molar-refractivity contribution in [1.82, 2.24) is 0 Å². The van der Waals surface area contributed by atoms with Gasteiger partial charge in [0.25, 0.3) is 0 Å². The highest BCUT2D eigenvalue weighted by atomic mass is 16.6. The number of carbonyl (C=O) groups is 3. The molecule has 0 fully saturated rings. The SMILES string of the molecule is CC(=O)O[C@@H]1C=C(CO)C(=O)[C@H](OC(=O)CC(C)C)[C@@H]1C(C)C. The predicted molar refractivity (Wildman–Crippen MR) is 83.4 cm³/mol. The van der Waals surface area contributed by atoms with Crippen molar-refractivity contribution in [3.8, 4) is 0 Å². The first-order valence-corrected chi connectivity index (χ1v) is 7.89. The van der Waals surface area contributed by atoms with Crippen LogP contribution in [-0.2, 0) is 23.9 Å². The van der Waals surface area contributed by atoms with Crippen LogP contribution < -0.4 is 0 Å². The summed E-state index contributed by atoms with van der Waals surface area (Å²) in [5.41, 5.74) is 0.107. The van der Waals surface area contributed by atoms with E-state index in [4.69, 9.17) is 9.47 Å². The molecule has 0 aromatic heterocycles. The molecule has 1 aliphatic rings. The van der Waals surface area contributed by atoms with Crippen molar-refractivity contribution in [3.05, 3.63) is 11.6 Å². The Bertz CT molecular complexity index is 491. The van der Waals surface area contributed by atoms with E-state index >= 15 is 0 Å². The van der Waals surface area contributed by atoms with Crippen LogP contribution in [0.4, 0.5) is 0 Å². The molecule has 0 radical (unpaired) electrons. The van der Waals surface area contributed by atoms with Crippen LogP contribution in [0.3, 0.4) is 0 Å². The molecule has 0 aliphatic heterocycles. The van der Waals surface area contributed by atoms with Crippen molar-refractivity contribution in [1.29, 1.82) is 0 Å². The smallest absolute Gasteiger partial charge is 0.306 e. The summed E-state index contributed by atoms with van der Waals surface area (Å²) in [5, 5.41) is 9.37. The van der Waals surface area contributed by atoms with Gasteiger partial charge in [-0.1, -0.05) is 27.7 Å². The zero-order valence-corrected chi connectivity index (χ0v) is 14.4. The Morgan fingerprint density at radius 3 is 2.26 bits per heavy atom. The second-order valence-corrected chi connectivity index (χ2v) is 6.62. The van der Waals surface area contributed by atoms with Crippen molar-refractivity contribution in [2.45, 2.75) is 53.2 Å². The molecule has 6 heteroatoms. The van der Waals surface area contributed by atoms with Gasteiger partial charge in [0.1, 0.15) is 6.10 Å². The Kier molecular flexibility index (Phi) is 6.94. The summed E-state index contributed by atoms with van der Waals surface area (Å²) < 4.78 is 10.7. The number of ether oxygens (including phenoxy) is 2. The average Bonchev–Trinajstić information content (AvgIpc) is 2.40. The van der Waals surface area contributed by atoms with Gasteiger partial charge in [0, 0.05) is 24.8 Å². The number of aliphatic hydroxyl groups excluding tert-OH is 1. The maximum Gasteiger partial charge on any atom is 0.306 e. The lowest BCUT2D eigenvalue weighted by Gasteiger charge is -2.37. The lowest BCUT2D eigenvalue weighted by atomic mass is 9.77. The first-order valence-electron chi connectivity index (χ1n) is 7.89. The van der Waals surface area contributed by atoms with E-state index in [0.717, 1.165) is 0 Å².